The van der Waals surface area contributed by atoms with Gasteiger partial charge in [-0.25, -0.2) is 4.39 Å². The highest BCUT2D eigenvalue weighted by Crippen LogP contribution is 2.39. The zero-order chi connectivity index (χ0) is 21.5. The smallest absolute Gasteiger partial charge is 0.368 e. The normalized spacial score (nSPS) is 18.5. The monoisotopic (exact) mass is 420 g/mol. The first kappa shape index (κ1) is 20.2. The minimum Gasteiger partial charge on any atom is -0.368 e. The van der Waals surface area contributed by atoms with E-state index in [4.69, 9.17) is 0 Å². The third-order valence-corrected chi connectivity index (χ3v) is 5.29. The molecule has 2 aromatic rings. The molecule has 0 bridgehead atoms. The van der Waals surface area contributed by atoms with Crippen molar-refractivity contribution in [1.29, 1.82) is 0 Å². The molecule has 30 heavy (non-hydrogen) atoms. The summed E-state index contributed by atoms with van der Waals surface area (Å²) in [4.78, 5) is 15.9. The van der Waals surface area contributed by atoms with Gasteiger partial charge in [0.2, 0.25) is 0 Å². The summed E-state index contributed by atoms with van der Waals surface area (Å²) in [5.41, 5.74) is 0.553. The van der Waals surface area contributed by atoms with Gasteiger partial charge in [-0.05, 0) is 43.4 Å². The van der Waals surface area contributed by atoms with Gasteiger partial charge in [-0.2, -0.15) is 13.2 Å². The van der Waals surface area contributed by atoms with Crippen LogP contribution in [-0.4, -0.2) is 44.0 Å². The third kappa shape index (κ3) is 3.97. The Kier molecular flexibility index (Phi) is 5.15. The molecule has 0 spiro atoms. The highest BCUT2D eigenvalue weighted by molar-refractivity contribution is 6.31. The summed E-state index contributed by atoms with van der Waals surface area (Å²) in [6.45, 7) is 2.40. The van der Waals surface area contributed by atoms with Gasteiger partial charge in [0.05, 0.1) is 11.1 Å². The number of fused-ring (bicyclic) bond motifs is 1. The van der Waals surface area contributed by atoms with E-state index in [1.165, 1.54) is 30.5 Å². The molecule has 158 valence electrons. The van der Waals surface area contributed by atoms with E-state index in [1.54, 1.807) is 11.0 Å². The molecule has 0 atom stereocenters. The van der Waals surface area contributed by atoms with Crippen LogP contribution in [0.3, 0.4) is 0 Å². The van der Waals surface area contributed by atoms with Gasteiger partial charge in [-0.3, -0.25) is 4.79 Å². The number of halogens is 4. The van der Waals surface area contributed by atoms with Crippen molar-refractivity contribution in [2.24, 2.45) is 0 Å². The summed E-state index contributed by atoms with van der Waals surface area (Å²) in [6.07, 6.45) is -3.23. The summed E-state index contributed by atoms with van der Waals surface area (Å²) >= 11 is 0. The van der Waals surface area contributed by atoms with Gasteiger partial charge in [0.1, 0.15) is 5.82 Å². The molecule has 0 aliphatic carbocycles. The second-order valence-electron chi connectivity index (χ2n) is 7.37. The number of nitrogens with one attached hydrogen (secondary N) is 2. The van der Waals surface area contributed by atoms with Crippen molar-refractivity contribution in [2.45, 2.75) is 6.18 Å². The maximum atomic E-state index is 13.7. The fourth-order valence-corrected chi connectivity index (χ4v) is 3.64. The van der Waals surface area contributed by atoms with Crippen LogP contribution in [0.5, 0.6) is 0 Å². The molecule has 0 radical (unpaired) electrons. The first-order valence-electron chi connectivity index (χ1n) is 9.45. The number of nitrogens with zero attached hydrogens (tertiary/aromatic N) is 2. The summed E-state index contributed by atoms with van der Waals surface area (Å²) in [6, 6.07) is 7.89. The number of benzene rings is 2. The predicted molar refractivity (Wildman–Crippen MR) is 108 cm³/mol. The Hall–Kier alpha value is -3.07. The number of piperazine rings is 1. The molecule has 0 unspecified atom stereocenters. The fourth-order valence-electron chi connectivity index (χ4n) is 3.64. The van der Waals surface area contributed by atoms with Gasteiger partial charge in [0, 0.05) is 55.0 Å². The first-order valence-corrected chi connectivity index (χ1v) is 9.45. The van der Waals surface area contributed by atoms with Crippen LogP contribution in [0, 0.1) is 5.82 Å². The number of carbonyl (C=O) groups is 1. The average molecular weight is 420 g/mol. The number of amides is 1. The van der Waals surface area contributed by atoms with Gasteiger partial charge in [-0.1, -0.05) is 0 Å². The second-order valence-corrected chi connectivity index (χ2v) is 7.37. The van der Waals surface area contributed by atoms with Gasteiger partial charge < -0.3 is 20.4 Å². The lowest BCUT2D eigenvalue weighted by Gasteiger charge is -2.35. The topological polar surface area (TPSA) is 47.6 Å². The summed E-state index contributed by atoms with van der Waals surface area (Å²) in [5, 5.41) is 5.35. The van der Waals surface area contributed by atoms with E-state index >= 15 is 0 Å². The Bertz CT molecular complexity index is 1010. The van der Waals surface area contributed by atoms with Crippen LogP contribution in [-0.2, 0) is 11.0 Å². The van der Waals surface area contributed by atoms with Crippen LogP contribution in [0.1, 0.15) is 11.1 Å². The van der Waals surface area contributed by atoms with E-state index in [0.29, 0.717) is 37.4 Å². The molecule has 2 N–H and O–H groups in total. The van der Waals surface area contributed by atoms with E-state index < -0.39 is 23.5 Å². The zero-order valence-corrected chi connectivity index (χ0v) is 16.2. The molecule has 2 aromatic carbocycles. The quantitative estimate of drug-likeness (QED) is 0.582. The van der Waals surface area contributed by atoms with Crippen LogP contribution in [0.15, 0.2) is 42.6 Å². The lowest BCUT2D eigenvalue weighted by Crippen LogP contribution is -2.45. The molecule has 4 rings (SSSR count). The molecule has 9 heteroatoms. The lowest BCUT2D eigenvalue weighted by molar-refractivity contribution is -0.137. The van der Waals surface area contributed by atoms with Crippen molar-refractivity contribution < 1.29 is 22.4 Å². The molecule has 1 fully saturated rings. The molecule has 1 saturated heterocycles. The molecular formula is C21H20F4N4O. The Morgan fingerprint density at radius 2 is 1.80 bits per heavy atom. The van der Waals surface area contributed by atoms with Gasteiger partial charge >= 0.3 is 6.18 Å². The van der Waals surface area contributed by atoms with E-state index in [9.17, 15) is 22.4 Å². The molecule has 2 heterocycles. The number of alkyl halides is 3. The van der Waals surface area contributed by atoms with Crippen molar-refractivity contribution in [3.05, 3.63) is 59.5 Å². The van der Waals surface area contributed by atoms with E-state index in [2.05, 4.69) is 15.5 Å². The number of anilines is 3. The summed E-state index contributed by atoms with van der Waals surface area (Å²) < 4.78 is 54.7. The largest absolute Gasteiger partial charge is 0.418 e. The molecule has 2 aliphatic heterocycles. The number of carbonyl (C=O) groups excluding carboxylic acids is 1. The molecule has 5 nitrogen and oxygen atoms in total. The summed E-state index contributed by atoms with van der Waals surface area (Å²) in [7, 11) is 1.94. The van der Waals surface area contributed by atoms with Crippen molar-refractivity contribution in [2.75, 3.05) is 48.8 Å². The van der Waals surface area contributed by atoms with Crippen molar-refractivity contribution in [3.8, 4) is 0 Å². The standard InChI is InChI=1S/C21H20F4N4O/c1-28-6-8-29(9-7-28)19-5-3-14(11-17(19)21(23,24)25)26-12-16-15-10-13(22)2-4-18(15)27-20(16)30/h2-5,10-12,26H,6-9H2,1H3,(H,27,30)/b16-12+. The van der Waals surface area contributed by atoms with Crippen molar-refractivity contribution >= 4 is 28.5 Å². The number of hydrogen-bond donors (Lipinski definition) is 2. The number of likely N-dealkylation sites (N-methyl/N-ethyl adjacent to an activating group) is 1. The minimum atomic E-state index is -4.52. The van der Waals surface area contributed by atoms with E-state index in [0.717, 1.165) is 6.07 Å². The van der Waals surface area contributed by atoms with E-state index in [1.807, 2.05) is 7.05 Å². The highest BCUT2D eigenvalue weighted by Gasteiger charge is 2.35. The number of rotatable bonds is 3. The zero-order valence-electron chi connectivity index (χ0n) is 16.2. The Morgan fingerprint density at radius 1 is 1.07 bits per heavy atom. The Labute approximate surface area is 171 Å². The fraction of sp³-hybridized carbons (Fsp3) is 0.286. The van der Waals surface area contributed by atoms with Crippen LogP contribution < -0.4 is 15.5 Å². The van der Waals surface area contributed by atoms with Crippen LogP contribution in [0.2, 0.25) is 0 Å². The molecule has 2 aliphatic rings. The third-order valence-electron chi connectivity index (χ3n) is 5.29. The predicted octanol–water partition coefficient (Wildman–Crippen LogP) is 4.00. The van der Waals surface area contributed by atoms with Gasteiger partial charge in [-0.15, -0.1) is 0 Å². The van der Waals surface area contributed by atoms with Crippen LogP contribution in [0.25, 0.3) is 5.57 Å². The van der Waals surface area contributed by atoms with Crippen LogP contribution in [0.4, 0.5) is 34.6 Å². The minimum absolute atomic E-state index is 0.139. The molecule has 0 saturated carbocycles. The molecular weight excluding hydrogens is 400 g/mol. The van der Waals surface area contributed by atoms with Crippen molar-refractivity contribution in [3.63, 3.8) is 0 Å². The Morgan fingerprint density at radius 3 is 2.50 bits per heavy atom. The Balaban J connectivity index is 1.62. The summed E-state index contributed by atoms with van der Waals surface area (Å²) in [5.74, 6) is -0.958. The highest BCUT2D eigenvalue weighted by atomic mass is 19.4. The lowest BCUT2D eigenvalue weighted by atomic mass is 10.1. The van der Waals surface area contributed by atoms with Gasteiger partial charge in [0.15, 0.2) is 0 Å². The maximum Gasteiger partial charge on any atom is 0.418 e. The second kappa shape index (κ2) is 7.64. The average Bonchev–Trinajstić information content (AvgIpc) is 3.00. The maximum absolute atomic E-state index is 13.7. The first-order chi connectivity index (χ1) is 14.2. The van der Waals surface area contributed by atoms with E-state index in [-0.39, 0.29) is 16.9 Å². The number of hydrogen-bond acceptors (Lipinski definition) is 4. The van der Waals surface area contributed by atoms with Crippen LogP contribution >= 0.6 is 0 Å². The van der Waals surface area contributed by atoms with Crippen molar-refractivity contribution in [1.82, 2.24) is 4.90 Å². The SMILES string of the molecule is CN1CCN(c2ccc(N/C=C3/C(=O)Nc4ccc(F)cc43)cc2C(F)(F)F)CC1. The van der Waals surface area contributed by atoms with Gasteiger partial charge in [0.25, 0.3) is 5.91 Å². The molecule has 1 amide bonds. The molecule has 0 aromatic heterocycles.